The standard InChI is InChI=1S/C12H23NO2.Y/c1-7(2)9(5)12(13,11(14)15)10(6)8(3)4;/h9-10H,13H2,1-6H3,(H,14,15);/q-2;. The van der Waals surface area contributed by atoms with Crippen molar-refractivity contribution >= 4 is 5.97 Å². The number of nitrogens with two attached hydrogens (primary N) is 1. The zero-order valence-corrected chi connectivity index (χ0v) is 14.0. The van der Waals surface area contributed by atoms with E-state index in [0.29, 0.717) is 0 Å². The van der Waals surface area contributed by atoms with Gasteiger partial charge in [0.2, 0.25) is 0 Å². The summed E-state index contributed by atoms with van der Waals surface area (Å²) >= 11 is 0. The first kappa shape index (κ1) is 18.9. The molecule has 0 rings (SSSR count). The molecular weight excluding hydrogens is 279 g/mol. The molecule has 0 aliphatic carbocycles. The van der Waals surface area contributed by atoms with E-state index in [0.717, 1.165) is 11.8 Å². The summed E-state index contributed by atoms with van der Waals surface area (Å²) in [6.07, 6.45) is 0. The van der Waals surface area contributed by atoms with E-state index in [4.69, 9.17) is 5.73 Å². The Morgan fingerprint density at radius 1 is 1.12 bits per heavy atom. The van der Waals surface area contributed by atoms with Crippen LogP contribution in [-0.4, -0.2) is 16.6 Å². The van der Waals surface area contributed by atoms with Crippen LogP contribution in [0.4, 0.5) is 0 Å². The molecule has 16 heavy (non-hydrogen) atoms. The Morgan fingerprint density at radius 3 is 1.50 bits per heavy atom. The number of carboxylic acid groups (broad SMARTS) is 1. The number of aliphatic carboxylic acids is 1. The smallest absolute Gasteiger partial charge is 0.318 e. The van der Waals surface area contributed by atoms with Gasteiger partial charge in [0.1, 0.15) is 0 Å². The van der Waals surface area contributed by atoms with Gasteiger partial charge in [-0.05, 0) is 0 Å². The molecule has 0 aliphatic rings. The molecule has 93 valence electrons. The van der Waals surface area contributed by atoms with E-state index in [1.54, 1.807) is 0 Å². The van der Waals surface area contributed by atoms with Crippen molar-refractivity contribution in [2.45, 2.75) is 47.1 Å². The molecule has 0 fully saturated rings. The molecule has 0 amide bonds. The maximum absolute atomic E-state index is 11.4. The minimum Gasteiger partial charge on any atom is -0.480 e. The van der Waals surface area contributed by atoms with E-state index in [9.17, 15) is 9.90 Å². The van der Waals surface area contributed by atoms with Gasteiger partial charge in [0.05, 0.1) is 5.54 Å². The number of rotatable bonds is 5. The summed E-state index contributed by atoms with van der Waals surface area (Å²) in [7, 11) is 0. The van der Waals surface area contributed by atoms with Crippen LogP contribution < -0.4 is 5.73 Å². The average molecular weight is 302 g/mol. The Bertz CT molecular complexity index is 215. The number of hydrogen-bond acceptors (Lipinski definition) is 2. The number of carbonyl (C=O) groups is 1. The molecule has 0 aromatic rings. The van der Waals surface area contributed by atoms with Crippen LogP contribution in [-0.2, 0) is 37.5 Å². The van der Waals surface area contributed by atoms with Gasteiger partial charge in [-0.1, -0.05) is 13.8 Å². The van der Waals surface area contributed by atoms with Crippen molar-refractivity contribution in [3.63, 3.8) is 0 Å². The quantitative estimate of drug-likeness (QED) is 0.766. The fourth-order valence-corrected chi connectivity index (χ4v) is 1.70. The van der Waals surface area contributed by atoms with Crippen molar-refractivity contribution in [2.24, 2.45) is 17.6 Å². The van der Waals surface area contributed by atoms with Gasteiger partial charge >= 0.3 is 5.97 Å². The average Bonchev–Trinajstić information content (AvgIpc) is 2.13. The van der Waals surface area contributed by atoms with E-state index < -0.39 is 11.5 Å². The van der Waals surface area contributed by atoms with Gasteiger partial charge in [-0.15, -0.1) is 11.8 Å². The Kier molecular flexibility index (Phi) is 8.35. The van der Waals surface area contributed by atoms with E-state index in [2.05, 4.69) is 0 Å². The molecule has 3 nitrogen and oxygen atoms in total. The van der Waals surface area contributed by atoms with E-state index >= 15 is 0 Å². The molecule has 3 N–H and O–H groups in total. The summed E-state index contributed by atoms with van der Waals surface area (Å²) in [6, 6.07) is 0. The van der Waals surface area contributed by atoms with Crippen LogP contribution in [0.15, 0.2) is 0 Å². The van der Waals surface area contributed by atoms with Gasteiger partial charge < -0.3 is 22.7 Å². The molecule has 0 aromatic heterocycles. The van der Waals surface area contributed by atoms with Gasteiger partial charge in [-0.2, -0.15) is 27.7 Å². The van der Waals surface area contributed by atoms with Crippen molar-refractivity contribution in [3.8, 4) is 0 Å². The van der Waals surface area contributed by atoms with E-state index in [-0.39, 0.29) is 44.5 Å². The largest absolute Gasteiger partial charge is 0.480 e. The first-order valence-corrected chi connectivity index (χ1v) is 5.28. The molecule has 2 atom stereocenters. The predicted octanol–water partition coefficient (Wildman–Crippen LogP) is 2.27. The third-order valence-corrected chi connectivity index (χ3v) is 3.54. The first-order valence-electron chi connectivity index (χ1n) is 5.28. The number of hydrogen-bond donors (Lipinski definition) is 2. The summed E-state index contributed by atoms with van der Waals surface area (Å²) in [5, 5.41) is 9.32. The minimum atomic E-state index is -1.20. The second-order valence-electron chi connectivity index (χ2n) is 4.84. The Labute approximate surface area is 124 Å². The molecule has 0 saturated heterocycles. The zero-order valence-electron chi connectivity index (χ0n) is 11.2. The van der Waals surface area contributed by atoms with Crippen molar-refractivity contribution < 1.29 is 42.6 Å². The molecule has 0 bridgehead atoms. The number of carboxylic acids is 1. The van der Waals surface area contributed by atoms with Gasteiger partial charge in [0.25, 0.3) is 0 Å². The molecule has 4 heteroatoms. The third kappa shape index (κ3) is 3.78. The summed E-state index contributed by atoms with van der Waals surface area (Å²) in [4.78, 5) is 11.4. The van der Waals surface area contributed by atoms with Gasteiger partial charge in [-0.25, -0.2) is 0 Å². The second kappa shape index (κ2) is 7.08. The van der Waals surface area contributed by atoms with Crippen LogP contribution in [0.5, 0.6) is 0 Å². The zero-order chi connectivity index (χ0) is 12.4. The fraction of sp³-hybridized carbons (Fsp3) is 0.750. The summed E-state index contributed by atoms with van der Waals surface area (Å²) in [5.74, 6) is 0.894. The summed E-state index contributed by atoms with van der Waals surface area (Å²) < 4.78 is 0. The van der Waals surface area contributed by atoms with Crippen molar-refractivity contribution in [3.05, 3.63) is 11.8 Å². The Balaban J connectivity index is 0. The summed E-state index contributed by atoms with van der Waals surface area (Å²) in [5.41, 5.74) is 4.89. The van der Waals surface area contributed by atoms with Crippen molar-refractivity contribution in [2.75, 3.05) is 0 Å². The van der Waals surface area contributed by atoms with Crippen LogP contribution in [0.25, 0.3) is 0 Å². The van der Waals surface area contributed by atoms with Crippen LogP contribution in [0.2, 0.25) is 0 Å². The van der Waals surface area contributed by atoms with Gasteiger partial charge in [0, 0.05) is 32.7 Å². The maximum Gasteiger partial charge on any atom is 0.318 e. The van der Waals surface area contributed by atoms with Crippen molar-refractivity contribution in [1.82, 2.24) is 0 Å². The third-order valence-electron chi connectivity index (χ3n) is 3.54. The Morgan fingerprint density at radius 2 is 1.38 bits per heavy atom. The normalized spacial score (nSPS) is 18.8. The Hall–Kier alpha value is 0.534. The molecule has 2 unspecified atom stereocenters. The molecule has 0 saturated carbocycles. The summed E-state index contributed by atoms with van der Waals surface area (Å²) in [6.45, 7) is 11.4. The molecule has 0 heterocycles. The molecular formula is C12H23NO2Y-2. The minimum absolute atomic E-state index is 0. The monoisotopic (exact) mass is 302 g/mol. The van der Waals surface area contributed by atoms with E-state index in [1.807, 2.05) is 41.5 Å². The first-order chi connectivity index (χ1) is 6.65. The molecule has 0 spiro atoms. The van der Waals surface area contributed by atoms with Crippen molar-refractivity contribution in [1.29, 1.82) is 0 Å². The van der Waals surface area contributed by atoms with Crippen LogP contribution in [0, 0.1) is 23.7 Å². The van der Waals surface area contributed by atoms with E-state index in [1.165, 1.54) is 0 Å². The van der Waals surface area contributed by atoms with Crippen LogP contribution in [0.1, 0.15) is 41.5 Å². The predicted molar refractivity (Wildman–Crippen MR) is 62.1 cm³/mol. The topological polar surface area (TPSA) is 63.3 Å². The molecule has 0 aliphatic heterocycles. The van der Waals surface area contributed by atoms with Crippen LogP contribution in [0.3, 0.4) is 0 Å². The van der Waals surface area contributed by atoms with Gasteiger partial charge in [0.15, 0.2) is 0 Å². The van der Waals surface area contributed by atoms with Crippen LogP contribution >= 0.6 is 0 Å². The van der Waals surface area contributed by atoms with Gasteiger partial charge in [-0.3, -0.25) is 4.79 Å². The fourth-order valence-electron chi connectivity index (χ4n) is 1.70. The molecule has 1 radical (unpaired) electrons. The molecule has 0 aromatic carbocycles. The SMILES string of the molecule is C[C-](C)C(C)C(N)(C(=O)O)C(C)[C-](C)C.[Y]. The maximum atomic E-state index is 11.4. The second-order valence-corrected chi connectivity index (χ2v) is 4.84.